The van der Waals surface area contributed by atoms with Crippen LogP contribution in [0.1, 0.15) is 33.1 Å². The lowest BCUT2D eigenvalue weighted by Gasteiger charge is -2.38. The van der Waals surface area contributed by atoms with E-state index < -0.39 is 16.3 Å². The lowest BCUT2D eigenvalue weighted by atomic mass is 10.0. The second kappa shape index (κ2) is 5.44. The zero-order valence-electron chi connectivity index (χ0n) is 10.3. The quantitative estimate of drug-likeness (QED) is 0.786. The zero-order chi connectivity index (χ0) is 12.3. The average molecular weight is 250 g/mol. The highest BCUT2D eigenvalue weighted by molar-refractivity contribution is 7.86. The Balaban J connectivity index is 2.91. The van der Waals surface area contributed by atoms with Crippen LogP contribution in [-0.2, 0) is 10.2 Å². The molecule has 0 amide bonds. The van der Waals surface area contributed by atoms with E-state index in [-0.39, 0.29) is 6.04 Å². The van der Waals surface area contributed by atoms with E-state index in [2.05, 4.69) is 0 Å². The van der Waals surface area contributed by atoms with Gasteiger partial charge in [-0.3, -0.25) is 0 Å². The summed E-state index contributed by atoms with van der Waals surface area (Å²) < 4.78 is 27.1. The van der Waals surface area contributed by atoms with Crippen molar-refractivity contribution in [2.24, 2.45) is 0 Å². The standard InChI is InChI=1S/C10H22N2O3S/c1-4-11(3)16(14,15)12-8-6-5-7-10(12)9(2)13/h9-10,13H,4-8H2,1-3H3. The molecule has 1 N–H and O–H groups in total. The molecule has 1 rings (SSSR count). The van der Waals surface area contributed by atoms with Gasteiger partial charge in [-0.15, -0.1) is 0 Å². The maximum absolute atomic E-state index is 12.2. The van der Waals surface area contributed by atoms with Gasteiger partial charge in [-0.05, 0) is 19.8 Å². The number of hydrogen-bond acceptors (Lipinski definition) is 3. The van der Waals surface area contributed by atoms with Crippen LogP contribution in [0.3, 0.4) is 0 Å². The monoisotopic (exact) mass is 250 g/mol. The van der Waals surface area contributed by atoms with Crippen LogP contribution in [0.5, 0.6) is 0 Å². The molecule has 0 aromatic carbocycles. The summed E-state index contributed by atoms with van der Waals surface area (Å²) in [6.45, 7) is 4.43. The molecule has 96 valence electrons. The highest BCUT2D eigenvalue weighted by atomic mass is 32.2. The Morgan fingerprint density at radius 2 is 2.12 bits per heavy atom. The number of hydrogen-bond donors (Lipinski definition) is 1. The number of rotatable bonds is 4. The van der Waals surface area contributed by atoms with Gasteiger partial charge in [0.2, 0.25) is 0 Å². The van der Waals surface area contributed by atoms with Gasteiger partial charge >= 0.3 is 0 Å². The molecule has 1 saturated heterocycles. The maximum atomic E-state index is 12.2. The molecule has 0 bridgehead atoms. The van der Waals surface area contributed by atoms with E-state index in [4.69, 9.17) is 0 Å². The van der Waals surface area contributed by atoms with Crippen molar-refractivity contribution in [1.82, 2.24) is 8.61 Å². The largest absolute Gasteiger partial charge is 0.392 e. The van der Waals surface area contributed by atoms with Crippen LogP contribution < -0.4 is 0 Å². The van der Waals surface area contributed by atoms with Crippen LogP contribution >= 0.6 is 0 Å². The molecule has 5 nitrogen and oxygen atoms in total. The van der Waals surface area contributed by atoms with E-state index in [1.807, 2.05) is 0 Å². The molecular formula is C10H22N2O3S. The summed E-state index contributed by atoms with van der Waals surface area (Å²) in [6, 6.07) is -0.271. The number of aliphatic hydroxyl groups excluding tert-OH is 1. The molecule has 0 radical (unpaired) electrons. The smallest absolute Gasteiger partial charge is 0.282 e. The number of piperidine rings is 1. The van der Waals surface area contributed by atoms with Gasteiger partial charge in [0.25, 0.3) is 10.2 Å². The Labute approximate surface area is 98.2 Å². The van der Waals surface area contributed by atoms with Crippen LogP contribution in [0, 0.1) is 0 Å². The summed E-state index contributed by atoms with van der Waals surface area (Å²) in [5, 5.41) is 9.64. The molecule has 1 fully saturated rings. The van der Waals surface area contributed by atoms with Crippen LogP contribution in [0.15, 0.2) is 0 Å². The summed E-state index contributed by atoms with van der Waals surface area (Å²) in [5.74, 6) is 0. The van der Waals surface area contributed by atoms with Crippen LogP contribution in [0.4, 0.5) is 0 Å². The Bertz CT molecular complexity index is 316. The van der Waals surface area contributed by atoms with Crippen molar-refractivity contribution in [3.63, 3.8) is 0 Å². The second-order valence-corrected chi connectivity index (χ2v) is 6.32. The third-order valence-corrected chi connectivity index (χ3v) is 5.28. The first-order valence-electron chi connectivity index (χ1n) is 5.82. The predicted octanol–water partition coefficient (Wildman–Crippen LogP) is 0.418. The summed E-state index contributed by atoms with van der Waals surface area (Å²) in [5.41, 5.74) is 0. The molecular weight excluding hydrogens is 228 g/mol. The van der Waals surface area contributed by atoms with Crippen molar-refractivity contribution < 1.29 is 13.5 Å². The summed E-state index contributed by atoms with van der Waals surface area (Å²) >= 11 is 0. The molecule has 2 unspecified atom stereocenters. The Hall–Kier alpha value is -0.170. The topological polar surface area (TPSA) is 60.9 Å². The van der Waals surface area contributed by atoms with Crippen molar-refractivity contribution in [2.75, 3.05) is 20.1 Å². The van der Waals surface area contributed by atoms with Crippen LogP contribution in [0.2, 0.25) is 0 Å². The molecule has 1 heterocycles. The second-order valence-electron chi connectivity index (χ2n) is 4.34. The van der Waals surface area contributed by atoms with Gasteiger partial charge < -0.3 is 5.11 Å². The minimum Gasteiger partial charge on any atom is -0.392 e. The van der Waals surface area contributed by atoms with Gasteiger partial charge in [-0.25, -0.2) is 0 Å². The fraction of sp³-hybridized carbons (Fsp3) is 1.00. The van der Waals surface area contributed by atoms with Crippen molar-refractivity contribution in [3.05, 3.63) is 0 Å². The molecule has 6 heteroatoms. The third-order valence-electron chi connectivity index (χ3n) is 3.19. The number of nitrogens with zero attached hydrogens (tertiary/aromatic N) is 2. The van der Waals surface area contributed by atoms with Gasteiger partial charge in [0.05, 0.1) is 12.1 Å². The molecule has 0 aromatic rings. The molecule has 0 aliphatic carbocycles. The molecule has 1 aliphatic heterocycles. The first kappa shape index (κ1) is 13.9. The van der Waals surface area contributed by atoms with E-state index in [9.17, 15) is 13.5 Å². The third kappa shape index (κ3) is 2.74. The van der Waals surface area contributed by atoms with E-state index >= 15 is 0 Å². The SMILES string of the molecule is CCN(C)S(=O)(=O)N1CCCCC1C(C)O. The van der Waals surface area contributed by atoms with Crippen molar-refractivity contribution in [3.8, 4) is 0 Å². The lowest BCUT2D eigenvalue weighted by molar-refractivity contribution is 0.0799. The normalized spacial score (nSPS) is 25.9. The van der Waals surface area contributed by atoms with Gasteiger partial charge in [-0.1, -0.05) is 13.3 Å². The summed E-state index contributed by atoms with van der Waals surface area (Å²) in [4.78, 5) is 0. The van der Waals surface area contributed by atoms with Gasteiger partial charge in [0.15, 0.2) is 0 Å². The number of aliphatic hydroxyl groups is 1. The van der Waals surface area contributed by atoms with Gasteiger partial charge in [0, 0.05) is 20.1 Å². The van der Waals surface area contributed by atoms with E-state index in [0.717, 1.165) is 19.3 Å². The van der Waals surface area contributed by atoms with E-state index in [1.54, 1.807) is 20.9 Å². The fourth-order valence-electron chi connectivity index (χ4n) is 2.04. The molecule has 0 aromatic heterocycles. The summed E-state index contributed by atoms with van der Waals surface area (Å²) in [7, 11) is -1.83. The highest BCUT2D eigenvalue weighted by Crippen LogP contribution is 2.24. The maximum Gasteiger partial charge on any atom is 0.282 e. The predicted molar refractivity (Wildman–Crippen MR) is 63.2 cm³/mol. The molecule has 16 heavy (non-hydrogen) atoms. The van der Waals surface area contributed by atoms with Gasteiger partial charge in [0.1, 0.15) is 0 Å². The van der Waals surface area contributed by atoms with Crippen molar-refractivity contribution in [1.29, 1.82) is 0 Å². The lowest BCUT2D eigenvalue weighted by Crippen LogP contribution is -2.53. The highest BCUT2D eigenvalue weighted by Gasteiger charge is 2.36. The van der Waals surface area contributed by atoms with Crippen molar-refractivity contribution in [2.45, 2.75) is 45.3 Å². The molecule has 2 atom stereocenters. The Kier molecular flexibility index (Phi) is 4.73. The first-order valence-corrected chi connectivity index (χ1v) is 7.22. The Morgan fingerprint density at radius 1 is 1.50 bits per heavy atom. The van der Waals surface area contributed by atoms with Crippen LogP contribution in [-0.4, -0.2) is 54.4 Å². The van der Waals surface area contributed by atoms with Crippen LogP contribution in [0.25, 0.3) is 0 Å². The van der Waals surface area contributed by atoms with Crippen molar-refractivity contribution >= 4 is 10.2 Å². The summed E-state index contributed by atoms with van der Waals surface area (Å²) in [6.07, 6.45) is 1.99. The molecule has 1 aliphatic rings. The molecule has 0 saturated carbocycles. The zero-order valence-corrected chi connectivity index (χ0v) is 11.1. The molecule has 0 spiro atoms. The van der Waals surface area contributed by atoms with E-state index in [0.29, 0.717) is 13.1 Å². The van der Waals surface area contributed by atoms with E-state index in [1.165, 1.54) is 8.61 Å². The minimum absolute atomic E-state index is 0.271. The minimum atomic E-state index is -3.40. The fourth-order valence-corrected chi connectivity index (χ4v) is 3.71. The van der Waals surface area contributed by atoms with Gasteiger partial charge in [-0.2, -0.15) is 17.0 Å². The average Bonchev–Trinajstić information content (AvgIpc) is 2.27. The first-order chi connectivity index (χ1) is 7.41. The Morgan fingerprint density at radius 3 is 2.62 bits per heavy atom.